The summed E-state index contributed by atoms with van der Waals surface area (Å²) in [6.45, 7) is 4.91. The van der Waals surface area contributed by atoms with Gasteiger partial charge in [-0.1, -0.05) is 13.8 Å². The van der Waals surface area contributed by atoms with E-state index in [9.17, 15) is 27.6 Å². The molecule has 0 aromatic heterocycles. The molecule has 0 spiro atoms. The summed E-state index contributed by atoms with van der Waals surface area (Å²) < 4.78 is 55.3. The number of hydrogen-bond donors (Lipinski definition) is 0. The highest BCUT2D eigenvalue weighted by Gasteiger charge is 2.77. The van der Waals surface area contributed by atoms with Crippen LogP contribution in [0.3, 0.4) is 0 Å². The molecule has 3 aliphatic rings. The molecule has 1 saturated carbocycles. The van der Waals surface area contributed by atoms with Crippen LogP contribution < -0.4 is 0 Å². The van der Waals surface area contributed by atoms with Gasteiger partial charge in [0.1, 0.15) is 5.92 Å². The lowest BCUT2D eigenvalue weighted by Gasteiger charge is -2.37. The molecule has 3 rings (SSSR count). The Labute approximate surface area is 148 Å². The predicted octanol–water partition coefficient (Wildman–Crippen LogP) is 2.54. The number of ether oxygens (including phenoxy) is 3. The Kier molecular flexibility index (Phi) is 4.08. The Morgan fingerprint density at radius 2 is 1.88 bits per heavy atom. The number of carbonyl (C=O) groups is 3. The summed E-state index contributed by atoms with van der Waals surface area (Å²) in [5.41, 5.74) is -3.78. The van der Waals surface area contributed by atoms with Crippen molar-refractivity contribution < 1.29 is 41.8 Å². The minimum atomic E-state index is -4.94. The topological polar surface area (TPSA) is 78.9 Å². The van der Waals surface area contributed by atoms with Crippen LogP contribution in [0.15, 0.2) is 0 Å². The van der Waals surface area contributed by atoms with Crippen molar-refractivity contribution in [2.75, 3.05) is 6.61 Å². The lowest BCUT2D eigenvalue weighted by Crippen LogP contribution is -2.53. The van der Waals surface area contributed by atoms with Crippen molar-refractivity contribution >= 4 is 17.9 Å². The van der Waals surface area contributed by atoms with Crippen LogP contribution in [0.5, 0.6) is 0 Å². The number of hydrogen-bond acceptors (Lipinski definition) is 6. The van der Waals surface area contributed by atoms with Gasteiger partial charge in [-0.15, -0.1) is 0 Å². The summed E-state index contributed by atoms with van der Waals surface area (Å²) in [7, 11) is 0. The number of cyclic esters (lactones) is 1. The van der Waals surface area contributed by atoms with Crippen LogP contribution in [0.4, 0.5) is 13.2 Å². The minimum absolute atomic E-state index is 0.0425. The molecular formula is C17H21F3O6. The van der Waals surface area contributed by atoms with E-state index in [-0.39, 0.29) is 25.9 Å². The van der Waals surface area contributed by atoms with Gasteiger partial charge < -0.3 is 14.2 Å². The lowest BCUT2D eigenvalue weighted by molar-refractivity contribution is -0.249. The first kappa shape index (κ1) is 19.0. The highest BCUT2D eigenvalue weighted by Crippen LogP contribution is 2.66. The maximum Gasteiger partial charge on any atom is 0.426 e. The average Bonchev–Trinajstić information content (AvgIpc) is 2.82. The Hall–Kier alpha value is -1.80. The van der Waals surface area contributed by atoms with Gasteiger partial charge in [0, 0.05) is 5.41 Å². The van der Waals surface area contributed by atoms with E-state index < -0.39 is 52.5 Å². The first-order valence-corrected chi connectivity index (χ1v) is 8.55. The molecule has 0 aromatic carbocycles. The first-order chi connectivity index (χ1) is 11.9. The first-order valence-electron chi connectivity index (χ1n) is 8.55. The molecule has 146 valence electrons. The van der Waals surface area contributed by atoms with Gasteiger partial charge in [-0.25, -0.2) is 4.79 Å². The minimum Gasteiger partial charge on any atom is -0.465 e. The van der Waals surface area contributed by atoms with Gasteiger partial charge in [-0.05, 0) is 32.6 Å². The Bertz CT molecular complexity index is 657. The van der Waals surface area contributed by atoms with Crippen LogP contribution in [0.1, 0.15) is 46.5 Å². The van der Waals surface area contributed by atoms with Gasteiger partial charge in [0.25, 0.3) is 0 Å². The summed E-state index contributed by atoms with van der Waals surface area (Å²) in [5, 5.41) is 0. The zero-order valence-corrected chi connectivity index (χ0v) is 14.8. The maximum atomic E-state index is 13.5. The van der Waals surface area contributed by atoms with Crippen LogP contribution >= 0.6 is 0 Å². The van der Waals surface area contributed by atoms with E-state index >= 15 is 0 Å². The molecule has 26 heavy (non-hydrogen) atoms. The molecule has 0 N–H and O–H groups in total. The summed E-state index contributed by atoms with van der Waals surface area (Å²) in [5.74, 6) is -4.52. The Balaban J connectivity index is 1.90. The zero-order chi connectivity index (χ0) is 19.5. The SMILES string of the molecule is CC1(C)[C@@]2(C)CC[C@]1(C(=O)O[C@@H]([C@@H]1CCCOC1=O)C(F)(F)F)OC2=O. The zero-order valence-electron chi connectivity index (χ0n) is 14.8. The second-order valence-electron chi connectivity index (χ2n) is 7.96. The monoisotopic (exact) mass is 378 g/mol. The van der Waals surface area contributed by atoms with Gasteiger partial charge in [-0.2, -0.15) is 13.2 Å². The normalized spacial score (nSPS) is 37.1. The number of carbonyl (C=O) groups excluding carboxylic acids is 3. The van der Waals surface area contributed by atoms with E-state index in [1.807, 2.05) is 0 Å². The van der Waals surface area contributed by atoms with Gasteiger partial charge in [0.2, 0.25) is 11.7 Å². The maximum absolute atomic E-state index is 13.5. The molecule has 2 bridgehead atoms. The molecule has 6 nitrogen and oxygen atoms in total. The van der Waals surface area contributed by atoms with E-state index in [1.54, 1.807) is 20.8 Å². The molecule has 0 aromatic rings. The third kappa shape index (κ3) is 2.35. The summed E-state index contributed by atoms with van der Waals surface area (Å²) in [6.07, 6.45) is -7.01. The van der Waals surface area contributed by atoms with Crippen LogP contribution in [0, 0.1) is 16.7 Å². The fraction of sp³-hybridized carbons (Fsp3) is 0.824. The van der Waals surface area contributed by atoms with Crippen LogP contribution in [0.2, 0.25) is 0 Å². The fourth-order valence-corrected chi connectivity index (χ4v) is 4.27. The Morgan fingerprint density at radius 1 is 1.23 bits per heavy atom. The fourth-order valence-electron chi connectivity index (χ4n) is 4.27. The number of esters is 3. The third-order valence-electron chi connectivity index (χ3n) is 6.54. The second kappa shape index (κ2) is 5.60. The van der Waals surface area contributed by atoms with E-state index in [2.05, 4.69) is 0 Å². The molecule has 2 heterocycles. The van der Waals surface area contributed by atoms with E-state index in [1.165, 1.54) is 0 Å². The molecule has 3 fully saturated rings. The number of alkyl halides is 3. The quantitative estimate of drug-likeness (QED) is 0.555. The van der Waals surface area contributed by atoms with E-state index in [0.29, 0.717) is 6.42 Å². The van der Waals surface area contributed by atoms with Gasteiger partial charge in [-0.3, -0.25) is 9.59 Å². The molecule has 0 unspecified atom stereocenters. The van der Waals surface area contributed by atoms with Crippen molar-refractivity contribution in [1.82, 2.24) is 0 Å². The summed E-state index contributed by atoms with van der Waals surface area (Å²) in [6, 6.07) is 0. The second-order valence-corrected chi connectivity index (χ2v) is 7.96. The lowest BCUT2D eigenvalue weighted by atomic mass is 9.66. The van der Waals surface area contributed by atoms with Crippen molar-refractivity contribution in [3.63, 3.8) is 0 Å². The smallest absolute Gasteiger partial charge is 0.426 e. The number of halogens is 3. The predicted molar refractivity (Wildman–Crippen MR) is 79.6 cm³/mol. The van der Waals surface area contributed by atoms with E-state index in [0.717, 1.165) is 0 Å². The van der Waals surface area contributed by atoms with Crippen LogP contribution in [-0.2, 0) is 28.6 Å². The van der Waals surface area contributed by atoms with Crippen molar-refractivity contribution in [3.05, 3.63) is 0 Å². The highest BCUT2D eigenvalue weighted by molar-refractivity contribution is 5.93. The molecule has 0 amide bonds. The average molecular weight is 378 g/mol. The third-order valence-corrected chi connectivity index (χ3v) is 6.54. The number of fused-ring (bicyclic) bond motifs is 2. The summed E-state index contributed by atoms with van der Waals surface area (Å²) >= 11 is 0. The molecule has 4 atom stereocenters. The Morgan fingerprint density at radius 3 is 2.35 bits per heavy atom. The van der Waals surface area contributed by atoms with Crippen LogP contribution in [0.25, 0.3) is 0 Å². The van der Waals surface area contributed by atoms with E-state index in [4.69, 9.17) is 14.2 Å². The molecule has 2 saturated heterocycles. The van der Waals surface area contributed by atoms with Crippen molar-refractivity contribution in [3.8, 4) is 0 Å². The van der Waals surface area contributed by atoms with Crippen molar-refractivity contribution in [1.29, 1.82) is 0 Å². The van der Waals surface area contributed by atoms with Crippen LogP contribution in [-0.4, -0.2) is 42.4 Å². The van der Waals surface area contributed by atoms with Crippen molar-refractivity contribution in [2.45, 2.75) is 64.3 Å². The number of rotatable bonds is 3. The molecule has 1 aliphatic carbocycles. The van der Waals surface area contributed by atoms with Gasteiger partial charge in [0.05, 0.1) is 12.0 Å². The summed E-state index contributed by atoms with van der Waals surface area (Å²) in [4.78, 5) is 36.8. The largest absolute Gasteiger partial charge is 0.465 e. The van der Waals surface area contributed by atoms with Crippen molar-refractivity contribution in [2.24, 2.45) is 16.7 Å². The highest BCUT2D eigenvalue weighted by atomic mass is 19.4. The van der Waals surface area contributed by atoms with Gasteiger partial charge >= 0.3 is 24.1 Å². The molecule has 2 aliphatic heterocycles. The molecule has 9 heteroatoms. The molecule has 0 radical (unpaired) electrons. The van der Waals surface area contributed by atoms with Gasteiger partial charge in [0.15, 0.2) is 0 Å². The standard InChI is InChI=1S/C17H21F3O6/c1-14(2)15(3)6-7-16(14,26-12(15)22)13(23)25-10(17(18,19)20)9-5-4-8-24-11(9)21/h9-10H,4-8H2,1-3H3/t9-,10-,15-,16+/m0/s1. The molecular weight excluding hydrogens is 357 g/mol.